The van der Waals surface area contributed by atoms with E-state index in [0.717, 1.165) is 5.03 Å². The van der Waals surface area contributed by atoms with Crippen molar-refractivity contribution in [1.29, 1.82) is 0 Å². The molecular weight excluding hydrogens is 188 g/mol. The topological polar surface area (TPSA) is 62.2 Å². The molecule has 1 heterocycles. The maximum absolute atomic E-state index is 10.1. The second-order valence-corrected chi connectivity index (χ2v) is 3.36. The van der Waals surface area contributed by atoms with E-state index in [2.05, 4.69) is 10.3 Å². The van der Waals surface area contributed by atoms with Crippen LogP contribution in [0.1, 0.15) is 0 Å². The first-order valence-corrected chi connectivity index (χ1v) is 4.78. The molecule has 0 aliphatic rings. The van der Waals surface area contributed by atoms with Crippen LogP contribution in [0.15, 0.2) is 29.4 Å². The number of nitrogens with zero attached hydrogens (tertiary/aromatic N) is 1. The summed E-state index contributed by atoms with van der Waals surface area (Å²) < 4.78 is 0. The van der Waals surface area contributed by atoms with E-state index < -0.39 is 6.09 Å². The van der Waals surface area contributed by atoms with E-state index in [4.69, 9.17) is 5.11 Å². The van der Waals surface area contributed by atoms with E-state index >= 15 is 0 Å². The quantitative estimate of drug-likeness (QED) is 0.567. The molecule has 13 heavy (non-hydrogen) atoms. The molecule has 0 spiro atoms. The Morgan fingerprint density at radius 1 is 1.62 bits per heavy atom. The van der Waals surface area contributed by atoms with Crippen LogP contribution in [0.3, 0.4) is 0 Å². The normalized spacial score (nSPS) is 9.54. The van der Waals surface area contributed by atoms with Gasteiger partial charge in [0.2, 0.25) is 0 Å². The third kappa shape index (κ3) is 4.37. The lowest BCUT2D eigenvalue weighted by Gasteiger charge is -1.99. The summed E-state index contributed by atoms with van der Waals surface area (Å²) in [6, 6.07) is 5.64. The molecule has 1 aromatic heterocycles. The maximum atomic E-state index is 10.1. The van der Waals surface area contributed by atoms with Crippen molar-refractivity contribution in [3.05, 3.63) is 24.4 Å². The molecule has 0 fully saturated rings. The van der Waals surface area contributed by atoms with Gasteiger partial charge in [0.25, 0.3) is 0 Å². The highest BCUT2D eigenvalue weighted by molar-refractivity contribution is 7.99. The van der Waals surface area contributed by atoms with Crippen molar-refractivity contribution in [3.8, 4) is 0 Å². The van der Waals surface area contributed by atoms with E-state index in [-0.39, 0.29) is 0 Å². The van der Waals surface area contributed by atoms with Gasteiger partial charge in [0.15, 0.2) is 0 Å². The van der Waals surface area contributed by atoms with Gasteiger partial charge in [0.05, 0.1) is 5.03 Å². The van der Waals surface area contributed by atoms with Gasteiger partial charge in [-0.25, -0.2) is 9.78 Å². The minimum atomic E-state index is -0.985. The van der Waals surface area contributed by atoms with Gasteiger partial charge >= 0.3 is 6.09 Å². The number of nitrogens with one attached hydrogen (secondary N) is 1. The summed E-state index contributed by atoms with van der Waals surface area (Å²) in [7, 11) is 0. The van der Waals surface area contributed by atoms with E-state index in [0.29, 0.717) is 12.3 Å². The number of hydrogen-bond acceptors (Lipinski definition) is 3. The van der Waals surface area contributed by atoms with Crippen molar-refractivity contribution in [2.45, 2.75) is 5.03 Å². The maximum Gasteiger partial charge on any atom is 0.404 e. The van der Waals surface area contributed by atoms with Gasteiger partial charge in [-0.15, -0.1) is 11.8 Å². The molecule has 0 radical (unpaired) electrons. The number of amides is 1. The number of carbonyl (C=O) groups is 1. The predicted octanol–water partition coefficient (Wildman–Crippen LogP) is 1.44. The fourth-order valence-corrected chi connectivity index (χ4v) is 1.47. The predicted molar refractivity (Wildman–Crippen MR) is 51.0 cm³/mol. The number of carboxylic acid groups (broad SMARTS) is 1. The molecule has 0 aromatic carbocycles. The summed E-state index contributed by atoms with van der Waals surface area (Å²) in [4.78, 5) is 14.2. The van der Waals surface area contributed by atoms with Crippen molar-refractivity contribution in [1.82, 2.24) is 10.3 Å². The smallest absolute Gasteiger partial charge is 0.404 e. The first-order valence-electron chi connectivity index (χ1n) is 3.79. The molecule has 1 aromatic rings. The minimum Gasteiger partial charge on any atom is -0.465 e. The molecule has 0 saturated heterocycles. The average molecular weight is 198 g/mol. The molecule has 0 aliphatic carbocycles. The van der Waals surface area contributed by atoms with Gasteiger partial charge in [-0.05, 0) is 12.1 Å². The second-order valence-electron chi connectivity index (χ2n) is 2.25. The summed E-state index contributed by atoms with van der Waals surface area (Å²) in [6.45, 7) is 0.441. The number of rotatable bonds is 4. The molecule has 1 rings (SSSR count). The van der Waals surface area contributed by atoms with Crippen LogP contribution in [0.4, 0.5) is 4.79 Å². The zero-order chi connectivity index (χ0) is 9.52. The van der Waals surface area contributed by atoms with Gasteiger partial charge in [-0.1, -0.05) is 6.07 Å². The lowest BCUT2D eigenvalue weighted by Crippen LogP contribution is -2.23. The van der Waals surface area contributed by atoms with Crippen LogP contribution >= 0.6 is 11.8 Å². The van der Waals surface area contributed by atoms with Crippen LogP contribution in [-0.2, 0) is 0 Å². The average Bonchev–Trinajstić information content (AvgIpc) is 2.14. The summed E-state index contributed by atoms with van der Waals surface area (Å²) in [5, 5.41) is 11.5. The first-order chi connectivity index (χ1) is 6.29. The number of aromatic nitrogens is 1. The Bertz CT molecular complexity index is 266. The Kier molecular flexibility index (Phi) is 4.11. The summed E-state index contributed by atoms with van der Waals surface area (Å²) >= 11 is 1.53. The molecule has 0 bridgehead atoms. The Morgan fingerprint density at radius 3 is 3.08 bits per heavy atom. The first kappa shape index (κ1) is 9.85. The van der Waals surface area contributed by atoms with E-state index in [1.807, 2.05) is 18.2 Å². The Labute approximate surface area is 80.4 Å². The zero-order valence-corrected chi connectivity index (χ0v) is 7.75. The molecular formula is C8H10N2O2S. The molecule has 2 N–H and O–H groups in total. The molecule has 70 valence electrons. The minimum absolute atomic E-state index is 0.441. The van der Waals surface area contributed by atoms with Crippen molar-refractivity contribution in [3.63, 3.8) is 0 Å². The molecule has 0 aliphatic heterocycles. The lowest BCUT2D eigenvalue weighted by molar-refractivity contribution is 0.195. The van der Waals surface area contributed by atoms with Crippen LogP contribution < -0.4 is 5.32 Å². The highest BCUT2D eigenvalue weighted by Gasteiger charge is 1.95. The van der Waals surface area contributed by atoms with Crippen LogP contribution in [0.5, 0.6) is 0 Å². The zero-order valence-electron chi connectivity index (χ0n) is 6.93. The fourth-order valence-electron chi connectivity index (χ4n) is 0.746. The molecule has 0 saturated carbocycles. The summed E-state index contributed by atoms with van der Waals surface area (Å²) in [6.07, 6.45) is 0.731. The fraction of sp³-hybridized carbons (Fsp3) is 0.250. The van der Waals surface area contributed by atoms with Crippen LogP contribution in [0.2, 0.25) is 0 Å². The van der Waals surface area contributed by atoms with Crippen molar-refractivity contribution in [2.24, 2.45) is 0 Å². The summed E-state index contributed by atoms with van der Waals surface area (Å²) in [5.41, 5.74) is 0. The Hall–Kier alpha value is -1.23. The third-order valence-corrected chi connectivity index (χ3v) is 2.21. The van der Waals surface area contributed by atoms with Gasteiger partial charge < -0.3 is 10.4 Å². The van der Waals surface area contributed by atoms with Gasteiger partial charge in [-0.3, -0.25) is 0 Å². The van der Waals surface area contributed by atoms with Crippen LogP contribution in [-0.4, -0.2) is 28.5 Å². The van der Waals surface area contributed by atoms with Gasteiger partial charge in [-0.2, -0.15) is 0 Å². The highest BCUT2D eigenvalue weighted by Crippen LogP contribution is 2.12. The SMILES string of the molecule is O=C(O)NCCSc1ccccn1. The number of pyridine rings is 1. The van der Waals surface area contributed by atoms with E-state index in [1.165, 1.54) is 11.8 Å². The number of hydrogen-bond donors (Lipinski definition) is 2. The Balaban J connectivity index is 2.17. The Morgan fingerprint density at radius 2 is 2.46 bits per heavy atom. The van der Waals surface area contributed by atoms with Crippen molar-refractivity contribution < 1.29 is 9.90 Å². The summed E-state index contributed by atoms with van der Waals surface area (Å²) in [5.74, 6) is 0.698. The standard InChI is InChI=1S/C8H10N2O2S/c11-8(12)10-5-6-13-7-3-1-2-4-9-7/h1-4,10H,5-6H2,(H,11,12). The van der Waals surface area contributed by atoms with E-state index in [1.54, 1.807) is 6.20 Å². The molecule has 1 amide bonds. The molecule has 0 atom stereocenters. The second kappa shape index (κ2) is 5.42. The third-order valence-electron chi connectivity index (χ3n) is 1.27. The van der Waals surface area contributed by atoms with Crippen molar-refractivity contribution >= 4 is 17.9 Å². The van der Waals surface area contributed by atoms with Crippen LogP contribution in [0, 0.1) is 0 Å². The van der Waals surface area contributed by atoms with E-state index in [9.17, 15) is 4.79 Å². The molecule has 4 nitrogen and oxygen atoms in total. The largest absolute Gasteiger partial charge is 0.465 e. The highest BCUT2D eigenvalue weighted by atomic mass is 32.2. The van der Waals surface area contributed by atoms with Gasteiger partial charge in [0.1, 0.15) is 0 Å². The molecule has 0 unspecified atom stereocenters. The monoisotopic (exact) mass is 198 g/mol. The van der Waals surface area contributed by atoms with Gasteiger partial charge in [0, 0.05) is 18.5 Å². The van der Waals surface area contributed by atoms with Crippen LogP contribution in [0.25, 0.3) is 0 Å². The molecule has 5 heteroatoms. The lowest BCUT2D eigenvalue weighted by atomic mass is 10.5. The number of thioether (sulfide) groups is 1. The van der Waals surface area contributed by atoms with Crippen molar-refractivity contribution in [2.75, 3.05) is 12.3 Å².